The summed E-state index contributed by atoms with van der Waals surface area (Å²) in [6.07, 6.45) is 4.62. The minimum atomic E-state index is -0.0638. The number of carbonyl (C=O) groups excluding carboxylic acids is 1. The van der Waals surface area contributed by atoms with Gasteiger partial charge in [-0.1, -0.05) is 6.92 Å². The molecule has 0 saturated carbocycles. The van der Waals surface area contributed by atoms with Gasteiger partial charge < -0.3 is 15.4 Å². The molecule has 1 saturated heterocycles. The molecule has 1 aliphatic heterocycles. The number of hydrogen-bond acceptors (Lipinski definition) is 4. The van der Waals surface area contributed by atoms with Crippen LogP contribution >= 0.6 is 0 Å². The first kappa shape index (κ1) is 12.9. The van der Waals surface area contributed by atoms with Crippen LogP contribution in [-0.4, -0.2) is 46.8 Å². The van der Waals surface area contributed by atoms with E-state index in [9.17, 15) is 4.79 Å². The molecule has 6 heteroatoms. The van der Waals surface area contributed by atoms with Gasteiger partial charge in [0.25, 0.3) is 5.91 Å². The number of nitrogens with zero attached hydrogens (tertiary/aromatic N) is 2. The average Bonchev–Trinajstić information content (AvgIpc) is 2.82. The first-order valence-corrected chi connectivity index (χ1v) is 6.42. The molecule has 0 spiro atoms. The van der Waals surface area contributed by atoms with E-state index in [1.807, 2.05) is 0 Å². The molecular formula is C12H20N4O2. The van der Waals surface area contributed by atoms with Crippen LogP contribution in [0.1, 0.15) is 36.5 Å². The fourth-order valence-corrected chi connectivity index (χ4v) is 2.18. The Morgan fingerprint density at radius 2 is 2.56 bits per heavy atom. The Morgan fingerprint density at radius 3 is 3.22 bits per heavy atom. The van der Waals surface area contributed by atoms with Crippen LogP contribution in [0.5, 0.6) is 0 Å². The standard InChI is InChI=1S/C12H20N4O2/c1-2-6-18-9-4-3-5-16(8-9)12(17)10-7-14-15-11(10)13/h7,9H,2-6,8H2,1H3,(H3,13,14,15). The van der Waals surface area contributed by atoms with Crippen molar-refractivity contribution in [3.8, 4) is 0 Å². The van der Waals surface area contributed by atoms with Crippen LogP contribution in [0.25, 0.3) is 0 Å². The number of anilines is 1. The molecule has 6 nitrogen and oxygen atoms in total. The van der Waals surface area contributed by atoms with Gasteiger partial charge in [0.1, 0.15) is 11.4 Å². The second kappa shape index (κ2) is 5.86. The molecule has 1 amide bonds. The third kappa shape index (κ3) is 2.81. The Balaban J connectivity index is 1.96. The zero-order valence-corrected chi connectivity index (χ0v) is 10.7. The predicted octanol–water partition coefficient (Wildman–Crippen LogP) is 1.02. The molecule has 0 radical (unpaired) electrons. The summed E-state index contributed by atoms with van der Waals surface area (Å²) in [5, 5.41) is 6.36. The van der Waals surface area contributed by atoms with Crippen molar-refractivity contribution in [3.63, 3.8) is 0 Å². The Morgan fingerprint density at radius 1 is 1.72 bits per heavy atom. The number of likely N-dealkylation sites (tertiary alicyclic amines) is 1. The second-order valence-corrected chi connectivity index (χ2v) is 4.58. The third-order valence-electron chi connectivity index (χ3n) is 3.12. The van der Waals surface area contributed by atoms with Crippen molar-refractivity contribution in [1.29, 1.82) is 0 Å². The summed E-state index contributed by atoms with van der Waals surface area (Å²) >= 11 is 0. The number of H-pyrrole nitrogens is 1. The van der Waals surface area contributed by atoms with Gasteiger partial charge in [-0.3, -0.25) is 9.89 Å². The molecule has 0 bridgehead atoms. The molecule has 2 rings (SSSR count). The average molecular weight is 252 g/mol. The number of piperidine rings is 1. The Hall–Kier alpha value is -1.56. The monoisotopic (exact) mass is 252 g/mol. The van der Waals surface area contributed by atoms with Crippen molar-refractivity contribution in [1.82, 2.24) is 15.1 Å². The van der Waals surface area contributed by atoms with Crippen molar-refractivity contribution in [2.24, 2.45) is 0 Å². The van der Waals surface area contributed by atoms with Crippen molar-refractivity contribution in [2.75, 3.05) is 25.4 Å². The van der Waals surface area contributed by atoms with E-state index in [4.69, 9.17) is 10.5 Å². The molecule has 2 heterocycles. The smallest absolute Gasteiger partial charge is 0.259 e. The summed E-state index contributed by atoms with van der Waals surface area (Å²) in [5.41, 5.74) is 6.12. The Bertz CT molecular complexity index is 405. The van der Waals surface area contributed by atoms with Gasteiger partial charge in [0, 0.05) is 19.7 Å². The summed E-state index contributed by atoms with van der Waals surface area (Å²) in [5.74, 6) is 0.266. The van der Waals surface area contributed by atoms with Crippen molar-refractivity contribution >= 4 is 11.7 Å². The zero-order chi connectivity index (χ0) is 13.0. The first-order chi connectivity index (χ1) is 8.72. The SMILES string of the molecule is CCCOC1CCCN(C(=O)c2cn[nH]c2N)C1. The van der Waals surface area contributed by atoms with Gasteiger partial charge in [-0.25, -0.2) is 0 Å². The number of nitrogens with one attached hydrogen (secondary N) is 1. The van der Waals surface area contributed by atoms with Crippen LogP contribution < -0.4 is 5.73 Å². The van der Waals surface area contributed by atoms with Crippen LogP contribution in [0.15, 0.2) is 6.20 Å². The third-order valence-corrected chi connectivity index (χ3v) is 3.12. The highest BCUT2D eigenvalue weighted by atomic mass is 16.5. The molecule has 1 fully saturated rings. The minimum absolute atomic E-state index is 0.0638. The molecule has 100 valence electrons. The molecule has 3 N–H and O–H groups in total. The fourth-order valence-electron chi connectivity index (χ4n) is 2.18. The minimum Gasteiger partial charge on any atom is -0.383 e. The van der Waals surface area contributed by atoms with Gasteiger partial charge in [0.15, 0.2) is 0 Å². The molecule has 1 unspecified atom stereocenters. The van der Waals surface area contributed by atoms with E-state index in [2.05, 4.69) is 17.1 Å². The van der Waals surface area contributed by atoms with Crippen LogP contribution in [0.4, 0.5) is 5.82 Å². The lowest BCUT2D eigenvalue weighted by Crippen LogP contribution is -2.43. The molecule has 1 aromatic heterocycles. The lowest BCUT2D eigenvalue weighted by Gasteiger charge is -2.32. The number of hydrogen-bond donors (Lipinski definition) is 2. The molecule has 1 atom stereocenters. The van der Waals surface area contributed by atoms with Gasteiger partial charge >= 0.3 is 0 Å². The molecule has 1 aromatic rings. The highest BCUT2D eigenvalue weighted by Gasteiger charge is 2.26. The van der Waals surface area contributed by atoms with Gasteiger partial charge in [-0.2, -0.15) is 5.10 Å². The van der Waals surface area contributed by atoms with Crippen LogP contribution in [0.2, 0.25) is 0 Å². The maximum Gasteiger partial charge on any atom is 0.259 e. The number of ether oxygens (including phenoxy) is 1. The number of aromatic amines is 1. The van der Waals surface area contributed by atoms with E-state index in [-0.39, 0.29) is 12.0 Å². The molecule has 0 aromatic carbocycles. The largest absolute Gasteiger partial charge is 0.383 e. The van der Waals surface area contributed by atoms with E-state index in [1.165, 1.54) is 6.20 Å². The van der Waals surface area contributed by atoms with E-state index in [0.717, 1.165) is 32.4 Å². The van der Waals surface area contributed by atoms with Crippen molar-refractivity contribution in [3.05, 3.63) is 11.8 Å². The topological polar surface area (TPSA) is 84.2 Å². The number of aromatic nitrogens is 2. The van der Waals surface area contributed by atoms with Gasteiger partial charge in [-0.15, -0.1) is 0 Å². The fraction of sp³-hybridized carbons (Fsp3) is 0.667. The molecule has 0 aliphatic carbocycles. The van der Waals surface area contributed by atoms with E-state index in [1.54, 1.807) is 4.90 Å². The lowest BCUT2D eigenvalue weighted by molar-refractivity contribution is 0.00214. The summed E-state index contributed by atoms with van der Waals surface area (Å²) in [7, 11) is 0. The predicted molar refractivity (Wildman–Crippen MR) is 68.2 cm³/mol. The summed E-state index contributed by atoms with van der Waals surface area (Å²) in [6, 6.07) is 0. The second-order valence-electron chi connectivity index (χ2n) is 4.58. The maximum absolute atomic E-state index is 12.2. The number of nitrogen functional groups attached to an aromatic ring is 1. The Kier molecular flexibility index (Phi) is 4.19. The van der Waals surface area contributed by atoms with Crippen LogP contribution in [0.3, 0.4) is 0 Å². The van der Waals surface area contributed by atoms with Gasteiger partial charge in [0.05, 0.1) is 12.3 Å². The maximum atomic E-state index is 12.2. The van der Waals surface area contributed by atoms with Crippen LogP contribution in [-0.2, 0) is 4.74 Å². The van der Waals surface area contributed by atoms with Gasteiger partial charge in [-0.05, 0) is 19.3 Å². The summed E-state index contributed by atoms with van der Waals surface area (Å²) < 4.78 is 5.71. The number of nitrogens with two attached hydrogens (primary N) is 1. The number of rotatable bonds is 4. The highest BCUT2D eigenvalue weighted by Crippen LogP contribution is 2.18. The molecule has 18 heavy (non-hydrogen) atoms. The summed E-state index contributed by atoms with van der Waals surface area (Å²) in [6.45, 7) is 4.23. The summed E-state index contributed by atoms with van der Waals surface area (Å²) in [4.78, 5) is 14.0. The lowest BCUT2D eigenvalue weighted by atomic mass is 10.1. The van der Waals surface area contributed by atoms with Crippen molar-refractivity contribution < 1.29 is 9.53 Å². The van der Waals surface area contributed by atoms with Gasteiger partial charge in [0.2, 0.25) is 0 Å². The quantitative estimate of drug-likeness (QED) is 0.838. The van der Waals surface area contributed by atoms with E-state index < -0.39 is 0 Å². The zero-order valence-electron chi connectivity index (χ0n) is 10.7. The molecular weight excluding hydrogens is 232 g/mol. The Labute approximate surface area is 106 Å². The van der Waals surface area contributed by atoms with Crippen LogP contribution in [0, 0.1) is 0 Å². The first-order valence-electron chi connectivity index (χ1n) is 6.42. The normalized spacial score (nSPS) is 20.1. The molecule has 1 aliphatic rings. The number of carbonyl (C=O) groups is 1. The van der Waals surface area contributed by atoms with E-state index in [0.29, 0.717) is 17.9 Å². The van der Waals surface area contributed by atoms with E-state index >= 15 is 0 Å². The van der Waals surface area contributed by atoms with Crippen molar-refractivity contribution in [2.45, 2.75) is 32.3 Å². The number of amides is 1. The highest BCUT2D eigenvalue weighted by molar-refractivity contribution is 5.98.